The molecule has 9 heteroatoms. The normalized spacial score (nSPS) is 14.5. The first-order chi connectivity index (χ1) is 15.4. The third-order valence-corrected chi connectivity index (χ3v) is 7.68. The monoisotopic (exact) mass is 458 g/mol. The molecule has 0 saturated carbocycles. The van der Waals surface area contributed by atoms with E-state index in [-0.39, 0.29) is 17.3 Å². The molecule has 1 fully saturated rings. The summed E-state index contributed by atoms with van der Waals surface area (Å²) in [4.78, 5) is 29.1. The summed E-state index contributed by atoms with van der Waals surface area (Å²) in [5, 5.41) is 2.64. The van der Waals surface area contributed by atoms with Crippen molar-refractivity contribution in [1.82, 2.24) is 14.5 Å². The van der Waals surface area contributed by atoms with Gasteiger partial charge < -0.3 is 15.1 Å². The van der Waals surface area contributed by atoms with Gasteiger partial charge in [-0.2, -0.15) is 4.31 Å². The number of rotatable bonds is 8. The molecular formula is C23H30N4O4S. The Hall–Kier alpha value is -2.91. The third-order valence-electron chi connectivity index (χ3n) is 5.61. The highest BCUT2D eigenvalue weighted by molar-refractivity contribution is 7.89. The number of para-hydroxylation sites is 1. The molecule has 0 spiro atoms. The minimum Gasteiger partial charge on any atom is -0.368 e. The molecule has 0 unspecified atom stereocenters. The summed E-state index contributed by atoms with van der Waals surface area (Å²) in [6.07, 6.45) is 0. The average molecular weight is 459 g/mol. The first kappa shape index (κ1) is 23.7. The molecule has 172 valence electrons. The molecule has 0 radical (unpaired) electrons. The summed E-state index contributed by atoms with van der Waals surface area (Å²) in [5.41, 5.74) is 1.45. The lowest BCUT2D eigenvalue weighted by molar-refractivity contribution is -0.130. The third kappa shape index (κ3) is 5.46. The lowest BCUT2D eigenvalue weighted by Crippen LogP contribution is -2.51. The van der Waals surface area contributed by atoms with Crippen molar-refractivity contribution in [2.24, 2.45) is 0 Å². The van der Waals surface area contributed by atoms with Crippen molar-refractivity contribution < 1.29 is 18.0 Å². The molecule has 3 rings (SSSR count). The second-order valence-electron chi connectivity index (χ2n) is 7.50. The van der Waals surface area contributed by atoms with Crippen molar-refractivity contribution in [3.63, 3.8) is 0 Å². The average Bonchev–Trinajstić information content (AvgIpc) is 2.83. The fourth-order valence-corrected chi connectivity index (χ4v) is 5.17. The number of hydrogen-bond donors (Lipinski definition) is 1. The Morgan fingerprint density at radius 2 is 1.50 bits per heavy atom. The first-order valence-electron chi connectivity index (χ1n) is 10.8. The zero-order chi connectivity index (χ0) is 23.1. The zero-order valence-electron chi connectivity index (χ0n) is 18.5. The Labute approximate surface area is 189 Å². The molecule has 1 aliphatic heterocycles. The lowest BCUT2D eigenvalue weighted by Gasteiger charge is -2.36. The van der Waals surface area contributed by atoms with Gasteiger partial charge in [-0.3, -0.25) is 9.59 Å². The molecule has 2 amide bonds. The Morgan fingerprint density at radius 1 is 0.906 bits per heavy atom. The van der Waals surface area contributed by atoms with Crippen LogP contribution < -0.4 is 10.2 Å². The van der Waals surface area contributed by atoms with Gasteiger partial charge in [0.15, 0.2) is 0 Å². The van der Waals surface area contributed by atoms with Crippen LogP contribution in [0.3, 0.4) is 0 Å². The van der Waals surface area contributed by atoms with Crippen molar-refractivity contribution in [2.45, 2.75) is 18.7 Å². The van der Waals surface area contributed by atoms with Crippen LogP contribution in [0, 0.1) is 0 Å². The number of piperazine rings is 1. The molecule has 0 aromatic heterocycles. The summed E-state index contributed by atoms with van der Waals surface area (Å²) in [5.74, 6) is -0.542. The van der Waals surface area contributed by atoms with Crippen LogP contribution in [-0.4, -0.2) is 75.3 Å². The molecule has 2 aromatic carbocycles. The van der Waals surface area contributed by atoms with Crippen LogP contribution in [0.2, 0.25) is 0 Å². The van der Waals surface area contributed by atoms with Crippen LogP contribution in [0.15, 0.2) is 59.5 Å². The molecule has 0 bridgehead atoms. The summed E-state index contributed by atoms with van der Waals surface area (Å²) in [6.45, 7) is 6.90. The maximum Gasteiger partial charge on any atom is 0.251 e. The molecule has 0 aliphatic carbocycles. The Kier molecular flexibility index (Phi) is 7.87. The minimum absolute atomic E-state index is 0.0936. The summed E-state index contributed by atoms with van der Waals surface area (Å²) >= 11 is 0. The Bertz CT molecular complexity index is 1010. The zero-order valence-corrected chi connectivity index (χ0v) is 19.3. The van der Waals surface area contributed by atoms with Gasteiger partial charge in [-0.1, -0.05) is 32.0 Å². The summed E-state index contributed by atoms with van der Waals surface area (Å²) < 4.78 is 26.5. The van der Waals surface area contributed by atoms with E-state index in [0.29, 0.717) is 31.7 Å². The molecule has 2 aromatic rings. The molecule has 1 heterocycles. The van der Waals surface area contributed by atoms with E-state index in [1.54, 1.807) is 18.7 Å². The van der Waals surface area contributed by atoms with Gasteiger partial charge in [0, 0.05) is 50.5 Å². The van der Waals surface area contributed by atoms with E-state index in [4.69, 9.17) is 0 Å². The van der Waals surface area contributed by atoms with E-state index in [9.17, 15) is 18.0 Å². The summed E-state index contributed by atoms with van der Waals surface area (Å²) in [7, 11) is -3.57. The van der Waals surface area contributed by atoms with Crippen LogP contribution in [0.25, 0.3) is 0 Å². The van der Waals surface area contributed by atoms with Gasteiger partial charge in [-0.05, 0) is 36.4 Å². The molecule has 32 heavy (non-hydrogen) atoms. The fraction of sp³-hybridized carbons (Fsp3) is 0.391. The van der Waals surface area contributed by atoms with Crippen molar-refractivity contribution in [3.8, 4) is 0 Å². The number of sulfonamides is 1. The van der Waals surface area contributed by atoms with Crippen molar-refractivity contribution in [3.05, 3.63) is 60.2 Å². The highest BCUT2D eigenvalue weighted by Crippen LogP contribution is 2.17. The number of nitrogens with zero attached hydrogens (tertiary/aromatic N) is 3. The highest BCUT2D eigenvalue weighted by atomic mass is 32.2. The SMILES string of the molecule is CCN(CC)S(=O)(=O)c1ccc(C(=O)NCC(=O)N2CCN(c3ccccc3)CC2)cc1. The molecule has 1 N–H and O–H groups in total. The van der Waals surface area contributed by atoms with Gasteiger partial charge in [0.25, 0.3) is 5.91 Å². The van der Waals surface area contributed by atoms with Gasteiger partial charge in [-0.15, -0.1) is 0 Å². The smallest absolute Gasteiger partial charge is 0.251 e. The molecule has 0 atom stereocenters. The number of amides is 2. The molecule has 1 saturated heterocycles. The lowest BCUT2D eigenvalue weighted by atomic mass is 10.2. The van der Waals surface area contributed by atoms with Gasteiger partial charge in [0.2, 0.25) is 15.9 Å². The van der Waals surface area contributed by atoms with E-state index < -0.39 is 15.9 Å². The number of nitrogens with one attached hydrogen (secondary N) is 1. The van der Waals surface area contributed by atoms with Gasteiger partial charge >= 0.3 is 0 Å². The number of anilines is 1. The van der Waals surface area contributed by atoms with Crippen molar-refractivity contribution in [1.29, 1.82) is 0 Å². The Morgan fingerprint density at radius 3 is 2.06 bits per heavy atom. The van der Waals surface area contributed by atoms with Crippen LogP contribution in [0.1, 0.15) is 24.2 Å². The highest BCUT2D eigenvalue weighted by Gasteiger charge is 2.23. The van der Waals surface area contributed by atoms with E-state index in [2.05, 4.69) is 22.3 Å². The van der Waals surface area contributed by atoms with Gasteiger partial charge in [-0.25, -0.2) is 8.42 Å². The quantitative estimate of drug-likeness (QED) is 0.652. The second-order valence-corrected chi connectivity index (χ2v) is 9.44. The van der Waals surface area contributed by atoms with E-state index in [1.807, 2.05) is 18.2 Å². The van der Waals surface area contributed by atoms with Gasteiger partial charge in [0.1, 0.15) is 0 Å². The standard InChI is InChI=1S/C23H30N4O4S/c1-3-27(4-2)32(30,31)21-12-10-19(11-13-21)23(29)24-18-22(28)26-16-14-25(15-17-26)20-8-6-5-7-9-20/h5-13H,3-4,14-18H2,1-2H3,(H,24,29). The molecular weight excluding hydrogens is 428 g/mol. The largest absolute Gasteiger partial charge is 0.368 e. The maximum absolute atomic E-state index is 12.6. The Balaban J connectivity index is 1.51. The van der Waals surface area contributed by atoms with E-state index >= 15 is 0 Å². The predicted octanol–water partition coefficient (Wildman–Crippen LogP) is 1.80. The summed E-state index contributed by atoms with van der Waals surface area (Å²) in [6, 6.07) is 15.8. The minimum atomic E-state index is -3.57. The number of carbonyl (C=O) groups excluding carboxylic acids is 2. The van der Waals surface area contributed by atoms with Crippen LogP contribution in [0.5, 0.6) is 0 Å². The fourth-order valence-electron chi connectivity index (χ4n) is 3.71. The molecule has 1 aliphatic rings. The van der Waals surface area contributed by atoms with Crippen molar-refractivity contribution in [2.75, 3.05) is 50.7 Å². The topological polar surface area (TPSA) is 90.0 Å². The molecule has 8 nitrogen and oxygen atoms in total. The van der Waals surface area contributed by atoms with Gasteiger partial charge in [0.05, 0.1) is 11.4 Å². The number of carbonyl (C=O) groups is 2. The van der Waals surface area contributed by atoms with Crippen LogP contribution in [-0.2, 0) is 14.8 Å². The number of benzene rings is 2. The van der Waals surface area contributed by atoms with Crippen LogP contribution >= 0.6 is 0 Å². The van der Waals surface area contributed by atoms with Crippen molar-refractivity contribution >= 4 is 27.5 Å². The second kappa shape index (κ2) is 10.6. The van der Waals surface area contributed by atoms with E-state index in [1.165, 1.54) is 28.6 Å². The maximum atomic E-state index is 12.6. The first-order valence-corrected chi connectivity index (χ1v) is 12.3. The predicted molar refractivity (Wildman–Crippen MR) is 124 cm³/mol. The van der Waals surface area contributed by atoms with Crippen LogP contribution in [0.4, 0.5) is 5.69 Å². The van der Waals surface area contributed by atoms with E-state index in [0.717, 1.165) is 18.8 Å². The number of hydrogen-bond acceptors (Lipinski definition) is 5.